The molecule has 31 heavy (non-hydrogen) atoms. The third-order valence-corrected chi connectivity index (χ3v) is 6.02. The first kappa shape index (κ1) is 19.8. The summed E-state index contributed by atoms with van der Waals surface area (Å²) in [6.45, 7) is 5.15. The molecule has 0 amide bonds. The van der Waals surface area contributed by atoms with Crippen LogP contribution in [-0.4, -0.2) is 79.2 Å². The van der Waals surface area contributed by atoms with E-state index in [0.29, 0.717) is 24.6 Å². The third kappa shape index (κ3) is 4.22. The largest absolute Gasteiger partial charge is 0.494 e. The highest BCUT2D eigenvalue weighted by molar-refractivity contribution is 5.85. The van der Waals surface area contributed by atoms with E-state index in [1.54, 1.807) is 12.4 Å². The topological polar surface area (TPSA) is 84.4 Å². The van der Waals surface area contributed by atoms with E-state index < -0.39 is 6.10 Å². The molecule has 0 aliphatic carbocycles. The second-order valence-corrected chi connectivity index (χ2v) is 8.16. The van der Waals surface area contributed by atoms with Crippen LogP contribution in [0.25, 0.3) is 0 Å². The van der Waals surface area contributed by atoms with Crippen LogP contribution < -0.4 is 15.2 Å². The van der Waals surface area contributed by atoms with Crippen LogP contribution in [-0.2, 0) is 4.74 Å². The van der Waals surface area contributed by atoms with E-state index in [4.69, 9.17) is 4.74 Å². The number of aliphatic hydroxyl groups is 1. The Bertz CT molecular complexity index is 1030. The number of pyridine rings is 1. The van der Waals surface area contributed by atoms with E-state index >= 15 is 0 Å². The zero-order valence-electron chi connectivity index (χ0n) is 17.4. The van der Waals surface area contributed by atoms with Crippen LogP contribution in [0.15, 0.2) is 64.2 Å². The van der Waals surface area contributed by atoms with Gasteiger partial charge in [-0.15, -0.1) is 0 Å². The van der Waals surface area contributed by atoms with Gasteiger partial charge in [0.05, 0.1) is 12.6 Å². The molecule has 2 N–H and O–H groups in total. The summed E-state index contributed by atoms with van der Waals surface area (Å²) in [5.41, 5.74) is 1.59. The van der Waals surface area contributed by atoms with E-state index in [0.717, 1.165) is 31.9 Å². The number of rotatable bonds is 6. The maximum Gasteiger partial charge on any atom is 0.209 e. The fraction of sp³-hybridized carbons (Fsp3) is 0.391. The van der Waals surface area contributed by atoms with Gasteiger partial charge in [-0.3, -0.25) is 14.7 Å². The number of aromatic nitrogens is 1. The Hall–Kier alpha value is -3.10. The fourth-order valence-corrected chi connectivity index (χ4v) is 4.39. The van der Waals surface area contributed by atoms with Gasteiger partial charge in [0.2, 0.25) is 5.43 Å². The highest BCUT2D eigenvalue weighted by atomic mass is 16.5. The average molecular weight is 422 g/mol. The lowest BCUT2D eigenvalue weighted by Gasteiger charge is -2.36. The molecule has 4 heterocycles. The van der Waals surface area contributed by atoms with E-state index in [9.17, 15) is 9.90 Å². The smallest absolute Gasteiger partial charge is 0.209 e. The molecule has 2 atom stereocenters. The molecule has 5 rings (SSSR count). The molecule has 162 valence electrons. The molecule has 3 aliphatic heterocycles. The van der Waals surface area contributed by atoms with Crippen molar-refractivity contribution in [3.8, 4) is 0 Å². The number of ether oxygens (including phenoxy) is 1. The van der Waals surface area contributed by atoms with Crippen molar-refractivity contribution >= 4 is 23.4 Å². The Kier molecular flexibility index (Phi) is 5.48. The number of H-pyrrole nitrogens is 1. The lowest BCUT2D eigenvalue weighted by Crippen LogP contribution is -2.49. The number of para-hydroxylation sites is 1. The summed E-state index contributed by atoms with van der Waals surface area (Å²) < 4.78 is 5.91. The van der Waals surface area contributed by atoms with Crippen molar-refractivity contribution in [3.63, 3.8) is 0 Å². The summed E-state index contributed by atoms with van der Waals surface area (Å²) in [4.78, 5) is 26.1. The maximum atomic E-state index is 12.0. The second kappa shape index (κ2) is 8.56. The Morgan fingerprint density at radius 1 is 1.16 bits per heavy atom. The average Bonchev–Trinajstić information content (AvgIpc) is 3.23. The number of anilines is 2. The molecule has 0 radical (unpaired) electrons. The first-order chi connectivity index (χ1) is 15.2. The molecular formula is C23H27N5O3. The van der Waals surface area contributed by atoms with Gasteiger partial charge in [0.15, 0.2) is 5.69 Å². The van der Waals surface area contributed by atoms with E-state index in [2.05, 4.69) is 44.0 Å². The van der Waals surface area contributed by atoms with Gasteiger partial charge < -0.3 is 24.6 Å². The van der Waals surface area contributed by atoms with Gasteiger partial charge in [-0.1, -0.05) is 18.2 Å². The highest BCUT2D eigenvalue weighted by Crippen LogP contribution is 2.32. The van der Waals surface area contributed by atoms with Crippen molar-refractivity contribution in [2.75, 3.05) is 55.7 Å². The van der Waals surface area contributed by atoms with E-state index in [-0.39, 0.29) is 18.1 Å². The summed E-state index contributed by atoms with van der Waals surface area (Å²) in [5, 5.41) is 10.5. The molecular weight excluding hydrogens is 394 g/mol. The number of fused-ring (bicyclic) bond motifs is 3. The van der Waals surface area contributed by atoms with Crippen molar-refractivity contribution in [2.45, 2.75) is 12.1 Å². The van der Waals surface area contributed by atoms with E-state index in [1.807, 2.05) is 17.0 Å². The minimum Gasteiger partial charge on any atom is -0.494 e. The number of piperazine rings is 1. The lowest BCUT2D eigenvalue weighted by molar-refractivity contribution is 0.0417. The van der Waals surface area contributed by atoms with Crippen molar-refractivity contribution in [3.05, 3.63) is 64.7 Å². The molecule has 8 nitrogen and oxygen atoms in total. The highest BCUT2D eigenvalue weighted by Gasteiger charge is 2.31. The van der Waals surface area contributed by atoms with Gasteiger partial charge in [0.1, 0.15) is 24.3 Å². The summed E-state index contributed by atoms with van der Waals surface area (Å²) in [6.07, 6.45) is 4.83. The number of nitrogens with zero attached hydrogens (tertiary/aromatic N) is 4. The van der Waals surface area contributed by atoms with E-state index in [1.165, 1.54) is 11.8 Å². The summed E-state index contributed by atoms with van der Waals surface area (Å²) in [7, 11) is 0. The summed E-state index contributed by atoms with van der Waals surface area (Å²) >= 11 is 0. The molecule has 2 aromatic rings. The van der Waals surface area contributed by atoms with Gasteiger partial charge in [-0.2, -0.15) is 0 Å². The predicted molar refractivity (Wildman–Crippen MR) is 121 cm³/mol. The lowest BCUT2D eigenvalue weighted by atomic mass is 10.2. The van der Waals surface area contributed by atoms with Crippen LogP contribution in [0.1, 0.15) is 0 Å². The minimum atomic E-state index is -0.553. The van der Waals surface area contributed by atoms with Crippen molar-refractivity contribution < 1.29 is 9.84 Å². The first-order valence-electron chi connectivity index (χ1n) is 10.7. The quantitative estimate of drug-likeness (QED) is 0.733. The SMILES string of the molecule is O=c1cc[nH]c2c1N=CC1C=C(OCC(O)CN3CCN(c4ccccc4)CC3)CN21. The Morgan fingerprint density at radius 2 is 1.97 bits per heavy atom. The number of nitrogens with one attached hydrogen (secondary N) is 1. The van der Waals surface area contributed by atoms with Gasteiger partial charge in [-0.25, -0.2) is 0 Å². The molecule has 1 aromatic heterocycles. The van der Waals surface area contributed by atoms with Crippen molar-refractivity contribution in [1.29, 1.82) is 0 Å². The number of β-amino-alcohol motifs (C(OH)–C–C–N with tert-alkyl or cyclic N) is 1. The molecule has 0 spiro atoms. The summed E-state index contributed by atoms with van der Waals surface area (Å²) in [5.74, 6) is 1.51. The predicted octanol–water partition coefficient (Wildman–Crippen LogP) is 1.36. The minimum absolute atomic E-state index is 0.0382. The van der Waals surface area contributed by atoms with Crippen LogP contribution in [0.4, 0.5) is 17.2 Å². The number of benzene rings is 1. The van der Waals surface area contributed by atoms with Gasteiger partial charge in [0.25, 0.3) is 0 Å². The van der Waals surface area contributed by atoms with Crippen LogP contribution in [0.2, 0.25) is 0 Å². The van der Waals surface area contributed by atoms with Gasteiger partial charge in [-0.05, 0) is 18.2 Å². The van der Waals surface area contributed by atoms with Crippen LogP contribution >= 0.6 is 0 Å². The van der Waals surface area contributed by atoms with Gasteiger partial charge in [0, 0.05) is 56.9 Å². The summed E-state index contributed by atoms with van der Waals surface area (Å²) in [6, 6.07) is 11.9. The molecule has 2 unspecified atom stereocenters. The Morgan fingerprint density at radius 3 is 2.77 bits per heavy atom. The van der Waals surface area contributed by atoms with Crippen LogP contribution in [0, 0.1) is 0 Å². The zero-order valence-corrected chi connectivity index (χ0v) is 17.4. The Balaban J connectivity index is 1.09. The molecule has 8 heteroatoms. The fourth-order valence-electron chi connectivity index (χ4n) is 4.39. The number of aliphatic hydroxyl groups excluding tert-OH is 1. The molecule has 1 fully saturated rings. The molecule has 0 saturated carbocycles. The third-order valence-electron chi connectivity index (χ3n) is 6.02. The molecule has 0 bridgehead atoms. The van der Waals surface area contributed by atoms with Gasteiger partial charge >= 0.3 is 0 Å². The standard InChI is InChI=1S/C23H27N5O3/c29-19(14-26-8-10-27(11-9-26)17-4-2-1-3-5-17)16-31-20-12-18-13-25-22-21(30)6-7-24-23(22)28(18)15-20/h1-7,12-13,18-19,29H,8-11,14-16H2,(H,24,30). The Labute approximate surface area is 181 Å². The first-order valence-corrected chi connectivity index (χ1v) is 10.7. The van der Waals surface area contributed by atoms with Crippen molar-refractivity contribution in [2.24, 2.45) is 4.99 Å². The zero-order chi connectivity index (χ0) is 21.2. The maximum absolute atomic E-state index is 12.0. The molecule has 1 aromatic carbocycles. The second-order valence-electron chi connectivity index (χ2n) is 8.16. The number of hydrogen-bond acceptors (Lipinski definition) is 7. The van der Waals surface area contributed by atoms with Crippen LogP contribution in [0.5, 0.6) is 0 Å². The normalized spacial score (nSPS) is 21.5. The molecule has 1 saturated heterocycles. The molecule has 3 aliphatic rings. The van der Waals surface area contributed by atoms with Crippen LogP contribution in [0.3, 0.4) is 0 Å². The number of aromatic amines is 1. The van der Waals surface area contributed by atoms with Crippen molar-refractivity contribution in [1.82, 2.24) is 9.88 Å². The number of aliphatic imine (C=N–C) groups is 1. The monoisotopic (exact) mass is 421 g/mol. The number of hydrogen-bond donors (Lipinski definition) is 2.